The number of carbonyl (C=O) groups is 1. The molecule has 0 aliphatic carbocycles. The van der Waals surface area contributed by atoms with Gasteiger partial charge in [0.1, 0.15) is 0 Å². The molecule has 0 spiro atoms. The van der Waals surface area contributed by atoms with Crippen LogP contribution in [0.4, 0.5) is 26.3 Å². The number of rotatable bonds is 5. The highest BCUT2D eigenvalue weighted by Crippen LogP contribution is 2.49. The van der Waals surface area contributed by atoms with Crippen LogP contribution in [0.1, 0.15) is 42.1 Å². The first-order chi connectivity index (χ1) is 9.95. The van der Waals surface area contributed by atoms with Crippen molar-refractivity contribution in [2.45, 2.75) is 44.1 Å². The molecule has 8 heteroatoms. The Kier molecular flexibility index (Phi) is 5.27. The normalized spacial score (nSPS) is 13.3. The van der Waals surface area contributed by atoms with Crippen LogP contribution in [0.25, 0.3) is 0 Å². The second-order valence-electron chi connectivity index (χ2n) is 4.81. The van der Waals surface area contributed by atoms with E-state index in [0.717, 1.165) is 18.6 Å². The Balaban J connectivity index is 3.18. The molecule has 0 aromatic heterocycles. The number of unbranched alkanes of at least 4 members (excludes halogenated alkanes) is 1. The maximum Gasteiger partial charge on any atom is 0.430 e. The van der Waals surface area contributed by atoms with E-state index in [1.165, 1.54) is 0 Å². The van der Waals surface area contributed by atoms with E-state index in [0.29, 0.717) is 18.6 Å². The zero-order chi connectivity index (χ0) is 17.2. The van der Waals surface area contributed by atoms with Crippen LogP contribution in [-0.4, -0.2) is 23.2 Å². The molecule has 0 aliphatic rings. The van der Waals surface area contributed by atoms with E-state index < -0.39 is 23.5 Å². The Labute approximate surface area is 122 Å². The molecule has 124 valence electrons. The summed E-state index contributed by atoms with van der Waals surface area (Å²) < 4.78 is 76.0. The summed E-state index contributed by atoms with van der Waals surface area (Å²) in [6.45, 7) is 1.84. The molecule has 0 heterocycles. The topological polar surface area (TPSA) is 37.3 Å². The fraction of sp³-hybridized carbons (Fsp3) is 0.500. The minimum Gasteiger partial charge on any atom is -0.369 e. The first-order valence-electron chi connectivity index (χ1n) is 6.44. The fourth-order valence-corrected chi connectivity index (χ4v) is 1.87. The number of Topliss-reactive ketones (excluding diaryl/α,β-unsaturated/α-hetero) is 1. The molecule has 0 fully saturated rings. The van der Waals surface area contributed by atoms with Gasteiger partial charge in [-0.05, 0) is 6.42 Å². The van der Waals surface area contributed by atoms with E-state index in [2.05, 4.69) is 0 Å². The van der Waals surface area contributed by atoms with Crippen molar-refractivity contribution in [3.63, 3.8) is 0 Å². The Bertz CT molecular complexity index is 502. The van der Waals surface area contributed by atoms with Gasteiger partial charge in [0, 0.05) is 17.5 Å². The predicted octanol–water partition coefficient (Wildman–Crippen LogP) is 4.37. The first-order valence-corrected chi connectivity index (χ1v) is 6.44. The molecule has 0 atom stereocenters. The van der Waals surface area contributed by atoms with Gasteiger partial charge in [0.15, 0.2) is 5.78 Å². The summed E-state index contributed by atoms with van der Waals surface area (Å²) in [6, 6.07) is 2.66. The van der Waals surface area contributed by atoms with Crippen molar-refractivity contribution in [1.82, 2.24) is 0 Å². The number of aliphatic hydroxyl groups is 1. The minimum absolute atomic E-state index is 0.00361. The van der Waals surface area contributed by atoms with Crippen LogP contribution in [0.3, 0.4) is 0 Å². The highest BCUT2D eigenvalue weighted by molar-refractivity contribution is 5.96. The van der Waals surface area contributed by atoms with Crippen molar-refractivity contribution in [2.75, 3.05) is 0 Å². The molecular weight excluding hydrogens is 314 g/mol. The van der Waals surface area contributed by atoms with Gasteiger partial charge in [0.05, 0.1) is 0 Å². The monoisotopic (exact) mass is 328 g/mol. The molecule has 1 aromatic rings. The average molecular weight is 328 g/mol. The van der Waals surface area contributed by atoms with Crippen LogP contribution in [-0.2, 0) is 5.60 Å². The lowest BCUT2D eigenvalue weighted by Gasteiger charge is -2.32. The molecule has 0 saturated carbocycles. The highest BCUT2D eigenvalue weighted by atomic mass is 19.4. The molecule has 0 saturated heterocycles. The number of alkyl halides is 6. The van der Waals surface area contributed by atoms with Gasteiger partial charge in [-0.1, -0.05) is 37.6 Å². The average Bonchev–Trinajstić information content (AvgIpc) is 2.41. The van der Waals surface area contributed by atoms with Gasteiger partial charge in [0.25, 0.3) is 5.60 Å². The Hall–Kier alpha value is -1.57. The first kappa shape index (κ1) is 18.5. The highest BCUT2D eigenvalue weighted by Gasteiger charge is 2.71. The van der Waals surface area contributed by atoms with Crippen molar-refractivity contribution in [2.24, 2.45) is 0 Å². The molecule has 1 aromatic carbocycles. The molecule has 0 amide bonds. The van der Waals surface area contributed by atoms with Crippen LogP contribution < -0.4 is 0 Å². The standard InChI is InChI=1S/C14H14F6O2/c1-2-3-4-11(21)9-5-7-10(8-6-9)12(22,13(15,16)17)14(18,19)20/h5-8,22H,2-4H2,1H3. The molecular formula is C14H14F6O2. The van der Waals surface area contributed by atoms with E-state index in [4.69, 9.17) is 0 Å². The van der Waals surface area contributed by atoms with Crippen molar-refractivity contribution in [3.05, 3.63) is 35.4 Å². The summed E-state index contributed by atoms with van der Waals surface area (Å²) >= 11 is 0. The number of carbonyl (C=O) groups excluding carboxylic acids is 1. The lowest BCUT2D eigenvalue weighted by atomic mass is 9.91. The summed E-state index contributed by atoms with van der Waals surface area (Å²) in [7, 11) is 0. The third-order valence-electron chi connectivity index (χ3n) is 3.20. The molecule has 1 rings (SSSR count). The van der Waals surface area contributed by atoms with E-state index in [1.807, 2.05) is 6.92 Å². The lowest BCUT2D eigenvalue weighted by Crippen LogP contribution is -2.53. The van der Waals surface area contributed by atoms with Crippen molar-refractivity contribution in [3.8, 4) is 0 Å². The van der Waals surface area contributed by atoms with E-state index in [-0.39, 0.29) is 17.8 Å². The van der Waals surface area contributed by atoms with E-state index in [9.17, 15) is 36.2 Å². The van der Waals surface area contributed by atoms with Crippen LogP contribution in [0, 0.1) is 0 Å². The molecule has 22 heavy (non-hydrogen) atoms. The zero-order valence-corrected chi connectivity index (χ0v) is 11.6. The Morgan fingerprint density at radius 2 is 1.45 bits per heavy atom. The number of hydrogen-bond donors (Lipinski definition) is 1. The third kappa shape index (κ3) is 3.43. The van der Waals surface area contributed by atoms with Crippen LogP contribution >= 0.6 is 0 Å². The van der Waals surface area contributed by atoms with Gasteiger partial charge in [-0.3, -0.25) is 4.79 Å². The molecule has 0 aliphatic heterocycles. The summed E-state index contributed by atoms with van der Waals surface area (Å²) in [6.07, 6.45) is -10.4. The Morgan fingerprint density at radius 3 is 1.82 bits per heavy atom. The molecule has 0 unspecified atom stereocenters. The van der Waals surface area contributed by atoms with Gasteiger partial charge in [0.2, 0.25) is 0 Å². The van der Waals surface area contributed by atoms with E-state index in [1.54, 1.807) is 0 Å². The van der Waals surface area contributed by atoms with Gasteiger partial charge in [-0.15, -0.1) is 0 Å². The van der Waals surface area contributed by atoms with Crippen LogP contribution in [0.15, 0.2) is 24.3 Å². The van der Waals surface area contributed by atoms with E-state index >= 15 is 0 Å². The smallest absolute Gasteiger partial charge is 0.369 e. The van der Waals surface area contributed by atoms with Crippen molar-refractivity contribution >= 4 is 5.78 Å². The van der Waals surface area contributed by atoms with Crippen molar-refractivity contribution in [1.29, 1.82) is 0 Å². The SMILES string of the molecule is CCCCC(=O)c1ccc(C(O)(C(F)(F)F)C(F)(F)F)cc1. The van der Waals surface area contributed by atoms with Crippen LogP contribution in [0.5, 0.6) is 0 Å². The quantitative estimate of drug-likeness (QED) is 0.644. The number of ketones is 1. The molecule has 1 N–H and O–H groups in total. The summed E-state index contributed by atoms with van der Waals surface area (Å²) in [5.41, 5.74) is -6.34. The van der Waals surface area contributed by atoms with Gasteiger partial charge >= 0.3 is 12.4 Å². The van der Waals surface area contributed by atoms with Gasteiger partial charge in [-0.2, -0.15) is 26.3 Å². The van der Waals surface area contributed by atoms with Crippen molar-refractivity contribution < 1.29 is 36.2 Å². The largest absolute Gasteiger partial charge is 0.430 e. The third-order valence-corrected chi connectivity index (χ3v) is 3.20. The minimum atomic E-state index is -5.93. The number of halogens is 6. The molecule has 0 bridgehead atoms. The van der Waals surface area contributed by atoms with Gasteiger partial charge < -0.3 is 5.11 Å². The molecule has 2 nitrogen and oxygen atoms in total. The Morgan fingerprint density at radius 1 is 1.00 bits per heavy atom. The number of benzene rings is 1. The molecule has 0 radical (unpaired) electrons. The number of hydrogen-bond acceptors (Lipinski definition) is 2. The fourth-order valence-electron chi connectivity index (χ4n) is 1.87. The van der Waals surface area contributed by atoms with Crippen LogP contribution in [0.2, 0.25) is 0 Å². The van der Waals surface area contributed by atoms with Gasteiger partial charge in [-0.25, -0.2) is 0 Å². The summed E-state index contributed by atoms with van der Waals surface area (Å²) in [5, 5.41) is 9.19. The maximum atomic E-state index is 12.7. The second kappa shape index (κ2) is 6.28. The summed E-state index contributed by atoms with van der Waals surface area (Å²) in [5.74, 6) is -0.379. The second-order valence-corrected chi connectivity index (χ2v) is 4.81. The summed E-state index contributed by atoms with van der Waals surface area (Å²) in [4.78, 5) is 11.7. The maximum absolute atomic E-state index is 12.7. The predicted molar refractivity (Wildman–Crippen MR) is 66.3 cm³/mol. The zero-order valence-electron chi connectivity index (χ0n) is 11.6. The lowest BCUT2D eigenvalue weighted by molar-refractivity contribution is -0.376.